The molecule has 3 aromatic rings. The van der Waals surface area contributed by atoms with Crippen molar-refractivity contribution in [2.24, 2.45) is 0 Å². The highest BCUT2D eigenvalue weighted by Gasteiger charge is 2.71. The number of sulfone groups is 1. The fourth-order valence-electron chi connectivity index (χ4n) is 4.42. The van der Waals surface area contributed by atoms with Crippen LogP contribution in [0, 0.1) is 5.82 Å². The standard InChI is InChI=1S/C26H21F7N2O4S/c1-40(38,39)18-7-9-20-15(12-18)10-11-34-22(20)23(36)35-17-5-2-14(3-6-17)19-8-4-16(13-21(19)27)24(37,25(28,29)30)26(31,32)33/h2-9,12-13,22,34,37H,10-11H2,1H3,(H,35,36). The fraction of sp³-hybridized carbons (Fsp3) is 0.269. The Morgan fingerprint density at radius 3 is 2.12 bits per heavy atom. The summed E-state index contributed by atoms with van der Waals surface area (Å²) in [6, 6.07) is 10.0. The molecule has 0 spiro atoms. The summed E-state index contributed by atoms with van der Waals surface area (Å²) in [4.78, 5) is 13.1. The minimum atomic E-state index is -6.15. The van der Waals surface area contributed by atoms with Crippen molar-refractivity contribution >= 4 is 21.4 Å². The van der Waals surface area contributed by atoms with Gasteiger partial charge in [-0.25, -0.2) is 12.8 Å². The summed E-state index contributed by atoms with van der Waals surface area (Å²) < 4.78 is 117. The van der Waals surface area contributed by atoms with E-state index in [1.807, 2.05) is 0 Å². The van der Waals surface area contributed by atoms with Gasteiger partial charge in [-0.3, -0.25) is 4.79 Å². The summed E-state index contributed by atoms with van der Waals surface area (Å²) in [5, 5.41) is 15.2. The first-order valence-corrected chi connectivity index (χ1v) is 13.5. The monoisotopic (exact) mass is 590 g/mol. The van der Waals surface area contributed by atoms with E-state index in [4.69, 9.17) is 0 Å². The minimum Gasteiger partial charge on any atom is -0.369 e. The van der Waals surface area contributed by atoms with Crippen molar-refractivity contribution in [1.82, 2.24) is 5.32 Å². The zero-order chi connectivity index (χ0) is 29.7. The van der Waals surface area contributed by atoms with Crippen LogP contribution in [0.1, 0.15) is 22.7 Å². The number of alkyl halides is 6. The molecule has 0 radical (unpaired) electrons. The maximum Gasteiger partial charge on any atom is 0.430 e. The molecule has 0 bridgehead atoms. The lowest BCUT2D eigenvalue weighted by Gasteiger charge is -2.32. The molecule has 0 aromatic heterocycles. The largest absolute Gasteiger partial charge is 0.430 e. The van der Waals surface area contributed by atoms with Gasteiger partial charge >= 0.3 is 12.4 Å². The van der Waals surface area contributed by atoms with Crippen molar-refractivity contribution in [2.75, 3.05) is 18.1 Å². The molecule has 0 aliphatic carbocycles. The highest BCUT2D eigenvalue weighted by atomic mass is 32.2. The van der Waals surface area contributed by atoms with E-state index in [9.17, 15) is 49.1 Å². The molecule has 4 rings (SSSR count). The van der Waals surface area contributed by atoms with Crippen LogP contribution in [0.25, 0.3) is 11.1 Å². The second-order valence-electron chi connectivity index (χ2n) is 9.24. The van der Waals surface area contributed by atoms with Gasteiger partial charge in [0.15, 0.2) is 9.84 Å². The van der Waals surface area contributed by atoms with Gasteiger partial charge in [-0.1, -0.05) is 30.3 Å². The number of nitrogens with one attached hydrogen (secondary N) is 2. The first kappa shape index (κ1) is 29.5. The molecule has 3 aromatic carbocycles. The van der Waals surface area contributed by atoms with E-state index in [0.29, 0.717) is 36.2 Å². The molecule has 1 atom stereocenters. The van der Waals surface area contributed by atoms with Gasteiger partial charge in [-0.15, -0.1) is 0 Å². The smallest absolute Gasteiger partial charge is 0.369 e. The van der Waals surface area contributed by atoms with Gasteiger partial charge in [0.05, 0.1) is 4.90 Å². The van der Waals surface area contributed by atoms with Crippen LogP contribution in [0.4, 0.5) is 36.4 Å². The van der Waals surface area contributed by atoms with E-state index in [2.05, 4.69) is 10.6 Å². The van der Waals surface area contributed by atoms with E-state index in [-0.39, 0.29) is 27.8 Å². The SMILES string of the molecule is CS(=O)(=O)c1ccc2c(c1)CCNC2C(=O)Nc1ccc(-c2ccc(C(O)(C(F)(F)F)C(F)(F)F)cc2F)cc1. The molecule has 1 unspecified atom stereocenters. The summed E-state index contributed by atoms with van der Waals surface area (Å²) >= 11 is 0. The number of carbonyl (C=O) groups is 1. The average Bonchev–Trinajstić information content (AvgIpc) is 2.86. The Bertz CT molecular complexity index is 1540. The Balaban J connectivity index is 1.54. The van der Waals surface area contributed by atoms with Gasteiger partial charge in [0.1, 0.15) is 11.9 Å². The molecule has 1 heterocycles. The number of carbonyl (C=O) groups excluding carboxylic acids is 1. The molecule has 0 saturated carbocycles. The first-order valence-electron chi connectivity index (χ1n) is 11.6. The minimum absolute atomic E-state index is 0.0205. The summed E-state index contributed by atoms with van der Waals surface area (Å²) in [5.41, 5.74) is -5.69. The number of rotatable bonds is 5. The number of anilines is 1. The second kappa shape index (κ2) is 10.2. The molecular formula is C26H21F7N2O4S. The molecule has 1 amide bonds. The van der Waals surface area contributed by atoms with Crippen LogP contribution in [0.5, 0.6) is 0 Å². The predicted molar refractivity (Wildman–Crippen MR) is 130 cm³/mol. The second-order valence-corrected chi connectivity index (χ2v) is 11.3. The lowest BCUT2D eigenvalue weighted by atomic mass is 9.90. The van der Waals surface area contributed by atoms with Gasteiger partial charge in [0.25, 0.3) is 5.60 Å². The van der Waals surface area contributed by atoms with E-state index >= 15 is 0 Å². The van der Waals surface area contributed by atoms with E-state index in [0.717, 1.165) is 6.26 Å². The van der Waals surface area contributed by atoms with Gasteiger partial charge < -0.3 is 15.7 Å². The third kappa shape index (κ3) is 5.43. The van der Waals surface area contributed by atoms with Crippen LogP contribution >= 0.6 is 0 Å². The molecule has 1 aliphatic rings. The van der Waals surface area contributed by atoms with Crippen molar-refractivity contribution in [2.45, 2.75) is 35.3 Å². The lowest BCUT2D eigenvalue weighted by molar-refractivity contribution is -0.376. The maximum absolute atomic E-state index is 14.7. The maximum atomic E-state index is 14.7. The Labute approximate surface area is 223 Å². The molecule has 40 heavy (non-hydrogen) atoms. The zero-order valence-electron chi connectivity index (χ0n) is 20.5. The highest BCUT2D eigenvalue weighted by molar-refractivity contribution is 7.90. The Hall–Kier alpha value is -3.49. The molecule has 14 heteroatoms. The summed E-state index contributed by atoms with van der Waals surface area (Å²) in [7, 11) is -3.44. The van der Waals surface area contributed by atoms with Crippen LogP contribution in [0.15, 0.2) is 65.6 Å². The van der Waals surface area contributed by atoms with Gasteiger partial charge in [0, 0.05) is 29.6 Å². The summed E-state index contributed by atoms with van der Waals surface area (Å²) in [6.07, 6.45) is -10.7. The number of amides is 1. The summed E-state index contributed by atoms with van der Waals surface area (Å²) in [5.74, 6) is -1.91. The third-order valence-corrected chi connectivity index (χ3v) is 7.64. The molecule has 3 N–H and O–H groups in total. The molecule has 1 aliphatic heterocycles. The van der Waals surface area contributed by atoms with E-state index in [1.165, 1.54) is 36.4 Å². The van der Waals surface area contributed by atoms with Crippen LogP contribution in [0.2, 0.25) is 0 Å². The Kier molecular flexibility index (Phi) is 7.49. The molecule has 0 fully saturated rings. The Morgan fingerprint density at radius 2 is 1.57 bits per heavy atom. The number of benzene rings is 3. The highest BCUT2D eigenvalue weighted by Crippen LogP contribution is 2.50. The Morgan fingerprint density at radius 1 is 0.950 bits per heavy atom. The van der Waals surface area contributed by atoms with Crippen molar-refractivity contribution in [3.05, 3.63) is 83.2 Å². The van der Waals surface area contributed by atoms with Crippen molar-refractivity contribution in [3.8, 4) is 11.1 Å². The van der Waals surface area contributed by atoms with E-state index < -0.39 is 51.1 Å². The van der Waals surface area contributed by atoms with Crippen LogP contribution < -0.4 is 10.6 Å². The lowest BCUT2D eigenvalue weighted by Crippen LogP contribution is -2.53. The van der Waals surface area contributed by atoms with Crippen molar-refractivity contribution in [3.63, 3.8) is 0 Å². The van der Waals surface area contributed by atoms with Crippen molar-refractivity contribution in [1.29, 1.82) is 0 Å². The quantitative estimate of drug-likeness (QED) is 0.363. The number of aliphatic hydroxyl groups is 1. The molecular weight excluding hydrogens is 569 g/mol. The molecule has 6 nitrogen and oxygen atoms in total. The topological polar surface area (TPSA) is 95.5 Å². The third-order valence-electron chi connectivity index (χ3n) is 6.53. The molecule has 0 saturated heterocycles. The summed E-state index contributed by atoms with van der Waals surface area (Å²) in [6.45, 7) is 0.407. The number of halogens is 7. The van der Waals surface area contributed by atoms with E-state index in [1.54, 1.807) is 6.07 Å². The average molecular weight is 591 g/mol. The molecule has 214 valence electrons. The van der Waals surface area contributed by atoms with Crippen LogP contribution in [-0.2, 0) is 26.7 Å². The van der Waals surface area contributed by atoms with Gasteiger partial charge in [0.2, 0.25) is 5.91 Å². The van der Waals surface area contributed by atoms with Gasteiger partial charge in [-0.05, 0) is 53.4 Å². The van der Waals surface area contributed by atoms with Crippen LogP contribution in [0.3, 0.4) is 0 Å². The predicted octanol–water partition coefficient (Wildman–Crippen LogP) is 5.03. The zero-order valence-corrected chi connectivity index (χ0v) is 21.3. The normalized spacial score (nSPS) is 16.4. The number of hydrogen-bond acceptors (Lipinski definition) is 5. The van der Waals surface area contributed by atoms with Crippen molar-refractivity contribution < 1.29 is 49.1 Å². The van der Waals surface area contributed by atoms with Crippen LogP contribution in [-0.4, -0.2) is 44.6 Å². The number of fused-ring (bicyclic) bond motifs is 1. The number of hydrogen-bond donors (Lipinski definition) is 3. The van der Waals surface area contributed by atoms with Gasteiger partial charge in [-0.2, -0.15) is 26.3 Å². The first-order chi connectivity index (χ1) is 18.4. The fourth-order valence-corrected chi connectivity index (χ4v) is 5.09.